The van der Waals surface area contributed by atoms with Crippen molar-refractivity contribution >= 4 is 17.6 Å². The molecule has 1 fully saturated rings. The maximum absolute atomic E-state index is 12.8. The van der Waals surface area contributed by atoms with E-state index in [-0.39, 0.29) is 17.5 Å². The molecule has 6 heteroatoms. The SMILES string of the molecule is Cc1ccc(C(=O)N(C)C2CCN(c3ccncc3)C2)cc1C(=O)O. The van der Waals surface area contributed by atoms with Crippen molar-refractivity contribution in [2.45, 2.75) is 19.4 Å². The van der Waals surface area contributed by atoms with E-state index in [2.05, 4.69) is 9.88 Å². The average Bonchev–Trinajstić information content (AvgIpc) is 3.11. The van der Waals surface area contributed by atoms with E-state index in [0.717, 1.165) is 25.2 Å². The fourth-order valence-corrected chi connectivity index (χ4v) is 3.20. The fourth-order valence-electron chi connectivity index (χ4n) is 3.20. The molecule has 1 amide bonds. The van der Waals surface area contributed by atoms with Crippen molar-refractivity contribution < 1.29 is 14.7 Å². The number of anilines is 1. The van der Waals surface area contributed by atoms with Crippen LogP contribution in [0.15, 0.2) is 42.7 Å². The number of benzene rings is 1. The lowest BCUT2D eigenvalue weighted by atomic mass is 10.0. The summed E-state index contributed by atoms with van der Waals surface area (Å²) < 4.78 is 0. The van der Waals surface area contributed by atoms with Crippen LogP contribution in [0.1, 0.15) is 32.7 Å². The number of likely N-dealkylation sites (N-methyl/N-ethyl adjacent to an activating group) is 1. The van der Waals surface area contributed by atoms with Crippen LogP contribution in [0.4, 0.5) is 5.69 Å². The molecule has 3 rings (SSSR count). The van der Waals surface area contributed by atoms with Gasteiger partial charge in [-0.25, -0.2) is 4.79 Å². The predicted octanol–water partition coefficient (Wildman–Crippen LogP) is 2.44. The van der Waals surface area contributed by atoms with Crippen LogP contribution < -0.4 is 4.90 Å². The first-order chi connectivity index (χ1) is 12.0. The van der Waals surface area contributed by atoms with Crippen LogP contribution in [0.5, 0.6) is 0 Å². The number of rotatable bonds is 4. The molecule has 1 saturated heterocycles. The van der Waals surface area contributed by atoms with Gasteiger partial charge in [-0.2, -0.15) is 0 Å². The number of pyridine rings is 1. The van der Waals surface area contributed by atoms with Crippen LogP contribution in [0.25, 0.3) is 0 Å². The zero-order valence-electron chi connectivity index (χ0n) is 14.3. The normalized spacial score (nSPS) is 16.7. The van der Waals surface area contributed by atoms with Gasteiger partial charge in [-0.15, -0.1) is 0 Å². The van der Waals surface area contributed by atoms with Crippen molar-refractivity contribution in [2.24, 2.45) is 0 Å². The molecule has 0 spiro atoms. The molecule has 1 aliphatic heterocycles. The van der Waals surface area contributed by atoms with Gasteiger partial charge in [0.15, 0.2) is 0 Å². The molecule has 6 nitrogen and oxygen atoms in total. The van der Waals surface area contributed by atoms with Gasteiger partial charge in [-0.3, -0.25) is 9.78 Å². The maximum Gasteiger partial charge on any atom is 0.335 e. The second kappa shape index (κ2) is 6.93. The summed E-state index contributed by atoms with van der Waals surface area (Å²) >= 11 is 0. The van der Waals surface area contributed by atoms with E-state index in [0.29, 0.717) is 11.1 Å². The second-order valence-electron chi connectivity index (χ2n) is 6.34. The number of carbonyl (C=O) groups is 2. The molecule has 0 saturated carbocycles. The summed E-state index contributed by atoms with van der Waals surface area (Å²) in [7, 11) is 1.78. The van der Waals surface area contributed by atoms with Gasteiger partial charge in [0, 0.05) is 43.8 Å². The number of carboxylic acid groups (broad SMARTS) is 1. The summed E-state index contributed by atoms with van der Waals surface area (Å²) in [5.41, 5.74) is 2.33. The van der Waals surface area contributed by atoms with E-state index in [1.54, 1.807) is 43.4 Å². The highest BCUT2D eigenvalue weighted by Gasteiger charge is 2.29. The van der Waals surface area contributed by atoms with Gasteiger partial charge in [0.25, 0.3) is 5.91 Å². The first-order valence-electron chi connectivity index (χ1n) is 8.23. The molecule has 0 bridgehead atoms. The Bertz CT molecular complexity index is 792. The Morgan fingerprint density at radius 1 is 1.24 bits per heavy atom. The van der Waals surface area contributed by atoms with Gasteiger partial charge in [0.05, 0.1) is 11.6 Å². The van der Waals surface area contributed by atoms with Crippen molar-refractivity contribution in [3.63, 3.8) is 0 Å². The molecule has 1 aliphatic rings. The quantitative estimate of drug-likeness (QED) is 0.926. The Kier molecular flexibility index (Phi) is 4.70. The summed E-state index contributed by atoms with van der Waals surface area (Å²) in [6, 6.07) is 8.85. The van der Waals surface area contributed by atoms with Crippen LogP contribution >= 0.6 is 0 Å². The molecule has 25 heavy (non-hydrogen) atoms. The van der Waals surface area contributed by atoms with Crippen LogP contribution in [0.2, 0.25) is 0 Å². The Balaban J connectivity index is 1.73. The van der Waals surface area contributed by atoms with Crippen LogP contribution in [-0.2, 0) is 0 Å². The average molecular weight is 339 g/mol. The number of carboxylic acids is 1. The Morgan fingerprint density at radius 3 is 2.64 bits per heavy atom. The zero-order chi connectivity index (χ0) is 18.0. The second-order valence-corrected chi connectivity index (χ2v) is 6.34. The molecule has 0 aliphatic carbocycles. The minimum absolute atomic E-state index is 0.0928. The van der Waals surface area contributed by atoms with E-state index >= 15 is 0 Å². The van der Waals surface area contributed by atoms with E-state index in [1.807, 2.05) is 12.1 Å². The van der Waals surface area contributed by atoms with Gasteiger partial charge < -0.3 is 14.9 Å². The molecule has 0 radical (unpaired) electrons. The summed E-state index contributed by atoms with van der Waals surface area (Å²) in [4.78, 5) is 32.0. The Morgan fingerprint density at radius 2 is 1.96 bits per heavy atom. The Hall–Kier alpha value is -2.89. The highest BCUT2D eigenvalue weighted by Crippen LogP contribution is 2.23. The number of aryl methyl sites for hydroxylation is 1. The van der Waals surface area contributed by atoms with Gasteiger partial charge in [-0.1, -0.05) is 6.07 Å². The summed E-state index contributed by atoms with van der Waals surface area (Å²) in [5.74, 6) is -1.16. The highest BCUT2D eigenvalue weighted by atomic mass is 16.4. The summed E-state index contributed by atoms with van der Waals surface area (Å²) in [5, 5.41) is 9.25. The number of amides is 1. The topological polar surface area (TPSA) is 73.7 Å². The molecule has 1 aromatic heterocycles. The molecule has 1 aromatic carbocycles. The van der Waals surface area contributed by atoms with Gasteiger partial charge >= 0.3 is 5.97 Å². The number of carbonyl (C=O) groups excluding carboxylic acids is 1. The molecule has 1 unspecified atom stereocenters. The molecule has 1 N–H and O–H groups in total. The molecule has 1 atom stereocenters. The van der Waals surface area contributed by atoms with E-state index in [1.165, 1.54) is 6.07 Å². The minimum atomic E-state index is -1.01. The van der Waals surface area contributed by atoms with Crippen molar-refractivity contribution in [1.82, 2.24) is 9.88 Å². The molecular weight excluding hydrogens is 318 g/mol. The van der Waals surface area contributed by atoms with E-state index < -0.39 is 5.97 Å². The number of hydrogen-bond donors (Lipinski definition) is 1. The van der Waals surface area contributed by atoms with E-state index in [9.17, 15) is 14.7 Å². The van der Waals surface area contributed by atoms with Gasteiger partial charge in [-0.05, 0) is 43.2 Å². The standard InChI is InChI=1S/C19H21N3O3/c1-13-3-4-14(11-17(13)19(24)25)18(23)21(2)16-7-10-22(12-16)15-5-8-20-9-6-15/h3-6,8-9,11,16H,7,10,12H2,1-2H3,(H,24,25). The first kappa shape index (κ1) is 17.0. The van der Waals surface area contributed by atoms with Crippen molar-refractivity contribution in [1.29, 1.82) is 0 Å². The number of aromatic carboxylic acids is 1. The highest BCUT2D eigenvalue weighted by molar-refractivity contribution is 5.98. The summed E-state index contributed by atoms with van der Waals surface area (Å²) in [6.45, 7) is 3.36. The molecule has 2 aromatic rings. The van der Waals surface area contributed by atoms with Crippen molar-refractivity contribution in [2.75, 3.05) is 25.0 Å². The van der Waals surface area contributed by atoms with Crippen LogP contribution in [0.3, 0.4) is 0 Å². The number of nitrogens with zero attached hydrogens (tertiary/aromatic N) is 3. The maximum atomic E-state index is 12.8. The lowest BCUT2D eigenvalue weighted by Crippen LogP contribution is -2.39. The van der Waals surface area contributed by atoms with E-state index in [4.69, 9.17) is 0 Å². The fraction of sp³-hybridized carbons (Fsp3) is 0.316. The third-order valence-corrected chi connectivity index (χ3v) is 4.77. The molecule has 2 heterocycles. The largest absolute Gasteiger partial charge is 0.478 e. The lowest BCUT2D eigenvalue weighted by Gasteiger charge is -2.26. The van der Waals surface area contributed by atoms with Crippen LogP contribution in [-0.4, -0.2) is 53.0 Å². The Labute approximate surface area is 146 Å². The first-order valence-corrected chi connectivity index (χ1v) is 8.23. The van der Waals surface area contributed by atoms with Crippen molar-refractivity contribution in [3.05, 3.63) is 59.4 Å². The zero-order valence-corrected chi connectivity index (χ0v) is 14.3. The third kappa shape index (κ3) is 3.47. The minimum Gasteiger partial charge on any atom is -0.478 e. The predicted molar refractivity (Wildman–Crippen MR) is 95.1 cm³/mol. The smallest absolute Gasteiger partial charge is 0.335 e. The summed E-state index contributed by atoms with van der Waals surface area (Å²) in [6.07, 6.45) is 4.40. The number of hydrogen-bond acceptors (Lipinski definition) is 4. The van der Waals surface area contributed by atoms with Gasteiger partial charge in [0.1, 0.15) is 0 Å². The monoisotopic (exact) mass is 339 g/mol. The lowest BCUT2D eigenvalue weighted by molar-refractivity contribution is 0.0696. The third-order valence-electron chi connectivity index (χ3n) is 4.77. The number of aromatic nitrogens is 1. The van der Waals surface area contributed by atoms with Crippen molar-refractivity contribution in [3.8, 4) is 0 Å². The molecular formula is C19H21N3O3. The van der Waals surface area contributed by atoms with Gasteiger partial charge in [0.2, 0.25) is 0 Å². The molecule has 130 valence electrons. The van der Waals surface area contributed by atoms with Crippen LogP contribution in [0, 0.1) is 6.92 Å².